The molecule has 3 nitrogen and oxygen atoms in total. The van der Waals surface area contributed by atoms with Gasteiger partial charge >= 0.3 is 0 Å². The van der Waals surface area contributed by atoms with Gasteiger partial charge in [0.2, 0.25) is 0 Å². The molecular weight excluding hydrogens is 353 g/mol. The van der Waals surface area contributed by atoms with Gasteiger partial charge in [-0.3, -0.25) is 4.79 Å². The van der Waals surface area contributed by atoms with Gasteiger partial charge in [0.1, 0.15) is 0 Å². The van der Waals surface area contributed by atoms with Gasteiger partial charge in [-0.1, -0.05) is 26.0 Å². The molecule has 1 aromatic rings. The summed E-state index contributed by atoms with van der Waals surface area (Å²) in [4.78, 5) is 12.2. The molecule has 1 aromatic carbocycles. The van der Waals surface area contributed by atoms with Crippen molar-refractivity contribution in [1.29, 1.82) is 0 Å². The highest BCUT2D eigenvalue weighted by atomic mass is 127. The Bertz CT molecular complexity index is 444. The number of aliphatic hydroxyl groups is 1. The number of aryl methyl sites for hydroxylation is 1. The summed E-state index contributed by atoms with van der Waals surface area (Å²) in [6.45, 7) is 7.03. The van der Waals surface area contributed by atoms with E-state index < -0.39 is 0 Å². The number of hydrogen-bond acceptors (Lipinski definition) is 2. The lowest BCUT2D eigenvalue weighted by atomic mass is 9.88. The summed E-state index contributed by atoms with van der Waals surface area (Å²) >= 11 is 2.21. The summed E-state index contributed by atoms with van der Waals surface area (Å²) in [5, 5.41) is 11.9. The molecule has 1 rings (SSSR count). The highest BCUT2D eigenvalue weighted by Crippen LogP contribution is 2.21. The largest absolute Gasteiger partial charge is 0.396 e. The van der Waals surface area contributed by atoms with E-state index in [1.165, 1.54) is 0 Å². The van der Waals surface area contributed by atoms with E-state index in [9.17, 15) is 4.79 Å². The van der Waals surface area contributed by atoms with Crippen LogP contribution in [0.3, 0.4) is 0 Å². The molecule has 0 saturated carbocycles. The Labute approximate surface area is 128 Å². The SMILES string of the molecule is Cc1cccc(C(=O)NCC(C)(C)CCCO)c1I. The Kier molecular flexibility index (Phi) is 6.26. The van der Waals surface area contributed by atoms with Crippen molar-refractivity contribution in [2.45, 2.75) is 33.6 Å². The zero-order chi connectivity index (χ0) is 14.5. The zero-order valence-corrected chi connectivity index (χ0v) is 14.0. The highest BCUT2D eigenvalue weighted by Gasteiger charge is 2.19. The molecule has 0 fully saturated rings. The summed E-state index contributed by atoms with van der Waals surface area (Å²) in [7, 11) is 0. The maximum atomic E-state index is 12.2. The smallest absolute Gasteiger partial charge is 0.252 e. The van der Waals surface area contributed by atoms with Crippen molar-refractivity contribution in [3.63, 3.8) is 0 Å². The molecule has 2 N–H and O–H groups in total. The van der Waals surface area contributed by atoms with Crippen molar-refractivity contribution < 1.29 is 9.90 Å². The first-order valence-corrected chi connectivity index (χ1v) is 7.59. The van der Waals surface area contributed by atoms with Crippen molar-refractivity contribution in [3.8, 4) is 0 Å². The van der Waals surface area contributed by atoms with Crippen molar-refractivity contribution in [2.24, 2.45) is 5.41 Å². The number of aliphatic hydroxyl groups excluding tert-OH is 1. The molecule has 1 amide bonds. The Morgan fingerprint density at radius 1 is 1.42 bits per heavy atom. The van der Waals surface area contributed by atoms with Gasteiger partial charge < -0.3 is 10.4 Å². The summed E-state index contributed by atoms with van der Waals surface area (Å²) < 4.78 is 1.01. The first-order chi connectivity index (χ1) is 8.87. The second kappa shape index (κ2) is 7.24. The van der Waals surface area contributed by atoms with Crippen molar-refractivity contribution in [2.75, 3.05) is 13.2 Å². The molecule has 19 heavy (non-hydrogen) atoms. The number of benzene rings is 1. The molecule has 0 aliphatic heterocycles. The van der Waals surface area contributed by atoms with E-state index in [1.54, 1.807) is 0 Å². The average Bonchev–Trinajstić information content (AvgIpc) is 2.37. The van der Waals surface area contributed by atoms with Gasteiger partial charge in [0, 0.05) is 16.7 Å². The minimum Gasteiger partial charge on any atom is -0.396 e. The predicted molar refractivity (Wildman–Crippen MR) is 86.3 cm³/mol. The van der Waals surface area contributed by atoms with Gasteiger partial charge in [-0.2, -0.15) is 0 Å². The maximum absolute atomic E-state index is 12.2. The standard InChI is InChI=1S/C15H22INO2/c1-11-6-4-7-12(13(11)16)14(19)17-10-15(2,3)8-5-9-18/h4,6-7,18H,5,8-10H2,1-3H3,(H,17,19). The first kappa shape index (κ1) is 16.4. The third-order valence-corrected chi connectivity index (χ3v) is 4.61. The lowest BCUT2D eigenvalue weighted by Crippen LogP contribution is -2.34. The highest BCUT2D eigenvalue weighted by molar-refractivity contribution is 14.1. The van der Waals surface area contributed by atoms with Crippen molar-refractivity contribution >= 4 is 28.5 Å². The zero-order valence-electron chi connectivity index (χ0n) is 11.8. The quantitative estimate of drug-likeness (QED) is 0.751. The van der Waals surface area contributed by atoms with E-state index in [2.05, 4.69) is 41.8 Å². The van der Waals surface area contributed by atoms with Crippen LogP contribution in [-0.2, 0) is 0 Å². The fraction of sp³-hybridized carbons (Fsp3) is 0.533. The summed E-state index contributed by atoms with van der Waals surface area (Å²) in [6, 6.07) is 5.76. The van der Waals surface area contributed by atoms with E-state index >= 15 is 0 Å². The van der Waals surface area contributed by atoms with Crippen molar-refractivity contribution in [1.82, 2.24) is 5.32 Å². The molecule has 0 aliphatic carbocycles. The van der Waals surface area contributed by atoms with E-state index in [-0.39, 0.29) is 17.9 Å². The lowest BCUT2D eigenvalue weighted by molar-refractivity contribution is 0.0932. The number of halogens is 1. The van der Waals surface area contributed by atoms with E-state index in [0.29, 0.717) is 6.54 Å². The molecule has 106 valence electrons. The molecule has 0 atom stereocenters. The number of carbonyl (C=O) groups excluding carboxylic acids is 1. The number of nitrogens with one attached hydrogen (secondary N) is 1. The van der Waals surface area contributed by atoms with Gasteiger partial charge in [0.25, 0.3) is 5.91 Å². The van der Waals surface area contributed by atoms with Gasteiger partial charge in [-0.15, -0.1) is 0 Å². The Balaban J connectivity index is 2.63. The van der Waals surface area contributed by atoms with E-state index in [4.69, 9.17) is 5.11 Å². The van der Waals surface area contributed by atoms with Crippen LogP contribution in [-0.4, -0.2) is 24.2 Å². The second-order valence-corrected chi connectivity index (χ2v) is 6.69. The topological polar surface area (TPSA) is 49.3 Å². The lowest BCUT2D eigenvalue weighted by Gasteiger charge is -2.24. The number of carbonyl (C=O) groups is 1. The molecule has 0 heterocycles. The Morgan fingerprint density at radius 2 is 2.11 bits per heavy atom. The third kappa shape index (κ3) is 5.10. The van der Waals surface area contributed by atoms with E-state index in [0.717, 1.165) is 27.5 Å². The fourth-order valence-electron chi connectivity index (χ4n) is 1.88. The molecule has 0 spiro atoms. The van der Waals surface area contributed by atoms with Crippen LogP contribution in [0.1, 0.15) is 42.6 Å². The molecule has 0 unspecified atom stereocenters. The molecule has 0 aliphatic rings. The average molecular weight is 375 g/mol. The van der Waals surface area contributed by atoms with Crippen molar-refractivity contribution in [3.05, 3.63) is 32.9 Å². The van der Waals surface area contributed by atoms with Gasteiger partial charge in [-0.05, 0) is 59.4 Å². The van der Waals surface area contributed by atoms with Crippen LogP contribution >= 0.6 is 22.6 Å². The first-order valence-electron chi connectivity index (χ1n) is 6.51. The van der Waals surface area contributed by atoms with Gasteiger partial charge in [0.05, 0.1) is 5.56 Å². The monoisotopic (exact) mass is 375 g/mol. The van der Waals surface area contributed by atoms with Crippen LogP contribution in [0.25, 0.3) is 0 Å². The predicted octanol–water partition coefficient (Wildman–Crippen LogP) is 3.13. The second-order valence-electron chi connectivity index (χ2n) is 5.61. The minimum atomic E-state index is -0.0230. The van der Waals surface area contributed by atoms with Crippen LogP contribution in [0.15, 0.2) is 18.2 Å². The Hall–Kier alpha value is -0.620. The molecule has 0 aromatic heterocycles. The van der Waals surface area contributed by atoms with Crippen LogP contribution in [0, 0.1) is 15.9 Å². The molecule has 4 heteroatoms. The number of hydrogen-bond donors (Lipinski definition) is 2. The fourth-order valence-corrected chi connectivity index (χ4v) is 2.49. The van der Waals surface area contributed by atoms with Crippen LogP contribution in [0.4, 0.5) is 0 Å². The summed E-state index contributed by atoms with van der Waals surface area (Å²) in [6.07, 6.45) is 1.67. The Morgan fingerprint density at radius 3 is 2.74 bits per heavy atom. The molecule has 0 radical (unpaired) electrons. The van der Waals surface area contributed by atoms with Gasteiger partial charge in [-0.25, -0.2) is 0 Å². The van der Waals surface area contributed by atoms with Gasteiger partial charge in [0.15, 0.2) is 0 Å². The normalized spacial score (nSPS) is 11.4. The molecule has 0 saturated heterocycles. The van der Waals surface area contributed by atoms with Crippen LogP contribution in [0.2, 0.25) is 0 Å². The van der Waals surface area contributed by atoms with Crippen LogP contribution in [0.5, 0.6) is 0 Å². The third-order valence-electron chi connectivity index (χ3n) is 3.18. The molecule has 0 bridgehead atoms. The summed E-state index contributed by atoms with van der Waals surface area (Å²) in [5.41, 5.74) is 1.86. The van der Waals surface area contributed by atoms with E-state index in [1.807, 2.05) is 25.1 Å². The number of amides is 1. The minimum absolute atomic E-state index is 0.00759. The maximum Gasteiger partial charge on any atom is 0.252 e. The summed E-state index contributed by atoms with van der Waals surface area (Å²) in [5.74, 6) is -0.0230. The molecular formula is C15H22INO2. The van der Waals surface area contributed by atoms with Crippen LogP contribution < -0.4 is 5.32 Å². The number of rotatable bonds is 6.